The average Bonchev–Trinajstić information content (AvgIpc) is 3.57. The Bertz CT molecular complexity index is 1250. The number of aromatic nitrogens is 3. The lowest BCUT2D eigenvalue weighted by atomic mass is 10.0. The Balaban J connectivity index is 1.53. The van der Waals surface area contributed by atoms with Gasteiger partial charge in [0.1, 0.15) is 6.17 Å². The topological polar surface area (TPSA) is 63.1 Å². The van der Waals surface area contributed by atoms with E-state index in [1.807, 2.05) is 82.5 Å². The van der Waals surface area contributed by atoms with Gasteiger partial charge in [-0.2, -0.15) is 5.10 Å². The number of benzene rings is 2. The Hall–Kier alpha value is -3.93. The summed E-state index contributed by atoms with van der Waals surface area (Å²) in [7, 11) is 0. The van der Waals surface area contributed by atoms with Crippen molar-refractivity contribution in [1.29, 1.82) is 0 Å². The first-order valence-corrected chi connectivity index (χ1v) is 10.5. The molecule has 0 bridgehead atoms. The highest BCUT2D eigenvalue weighted by Crippen LogP contribution is 2.43. The summed E-state index contributed by atoms with van der Waals surface area (Å²) in [4.78, 5) is 19.6. The Morgan fingerprint density at radius 1 is 0.903 bits per heavy atom. The van der Waals surface area contributed by atoms with Crippen molar-refractivity contribution >= 4 is 11.6 Å². The van der Waals surface area contributed by atoms with Crippen molar-refractivity contribution in [2.45, 2.75) is 25.0 Å². The van der Waals surface area contributed by atoms with Gasteiger partial charge in [-0.15, -0.1) is 0 Å². The van der Waals surface area contributed by atoms with Gasteiger partial charge in [-0.3, -0.25) is 9.78 Å². The molecule has 4 aromatic rings. The average molecular weight is 407 g/mol. The third-order valence-corrected chi connectivity index (χ3v) is 5.91. The van der Waals surface area contributed by atoms with E-state index in [0.29, 0.717) is 0 Å². The quantitative estimate of drug-likeness (QED) is 0.534. The summed E-state index contributed by atoms with van der Waals surface area (Å²) in [5.41, 5.74) is 5.37. The minimum atomic E-state index is -0.282. The van der Waals surface area contributed by atoms with Crippen molar-refractivity contribution in [1.82, 2.24) is 19.7 Å². The molecule has 1 aliphatic carbocycles. The van der Waals surface area contributed by atoms with Crippen molar-refractivity contribution in [3.8, 4) is 16.9 Å². The number of amides is 1. The molecule has 6 heteroatoms. The number of nitrogens with one attached hydrogen (secondary N) is 1. The maximum absolute atomic E-state index is 13.5. The van der Waals surface area contributed by atoms with Crippen LogP contribution in [0.5, 0.6) is 0 Å². The van der Waals surface area contributed by atoms with Gasteiger partial charge in [0.25, 0.3) is 5.91 Å². The number of hydrogen-bond donors (Lipinski definition) is 1. The van der Waals surface area contributed by atoms with Crippen LogP contribution in [0.3, 0.4) is 0 Å². The molecule has 2 aromatic carbocycles. The lowest BCUT2D eigenvalue weighted by molar-refractivity contribution is 0.0667. The predicted molar refractivity (Wildman–Crippen MR) is 119 cm³/mol. The van der Waals surface area contributed by atoms with E-state index in [1.54, 1.807) is 12.4 Å². The van der Waals surface area contributed by atoms with Crippen LogP contribution < -0.4 is 5.32 Å². The van der Waals surface area contributed by atoms with E-state index in [9.17, 15) is 4.79 Å². The van der Waals surface area contributed by atoms with E-state index in [0.717, 1.165) is 46.6 Å². The highest BCUT2D eigenvalue weighted by Gasteiger charge is 2.43. The van der Waals surface area contributed by atoms with Crippen LogP contribution in [-0.2, 0) is 0 Å². The van der Waals surface area contributed by atoms with Crippen molar-refractivity contribution in [2.24, 2.45) is 0 Å². The molecule has 1 aliphatic heterocycles. The summed E-state index contributed by atoms with van der Waals surface area (Å²) < 4.78 is 1.89. The summed E-state index contributed by atoms with van der Waals surface area (Å²) in [6.07, 6.45) is 7.37. The fourth-order valence-corrected chi connectivity index (χ4v) is 4.26. The fraction of sp³-hybridized carbons (Fsp3) is 0.160. The second kappa shape index (κ2) is 7.09. The lowest BCUT2D eigenvalue weighted by Gasteiger charge is -2.38. The van der Waals surface area contributed by atoms with Crippen LogP contribution in [0.4, 0.5) is 5.69 Å². The maximum Gasteiger partial charge on any atom is 0.258 e. The third-order valence-electron chi connectivity index (χ3n) is 5.91. The van der Waals surface area contributed by atoms with Gasteiger partial charge in [-0.1, -0.05) is 30.3 Å². The number of pyridine rings is 1. The van der Waals surface area contributed by atoms with Crippen molar-refractivity contribution in [3.63, 3.8) is 0 Å². The number of carbonyl (C=O) groups excluding carboxylic acids is 1. The molecule has 6 rings (SSSR count). The van der Waals surface area contributed by atoms with Gasteiger partial charge in [-0.25, -0.2) is 4.68 Å². The molecule has 0 unspecified atom stereocenters. The molecule has 0 radical (unpaired) electrons. The maximum atomic E-state index is 13.5. The zero-order valence-corrected chi connectivity index (χ0v) is 16.8. The van der Waals surface area contributed by atoms with Crippen LogP contribution in [0, 0.1) is 0 Å². The predicted octanol–water partition coefficient (Wildman–Crippen LogP) is 4.66. The molecule has 1 saturated carbocycles. The minimum absolute atomic E-state index is 0.0787. The SMILES string of the molecule is O=C1c2ccccc2N[C@@H](c2cn(-c3ccccc3)nc2-c2ccncc2)N1C1CC1. The van der Waals surface area contributed by atoms with Crippen LogP contribution >= 0.6 is 0 Å². The number of hydrogen-bond acceptors (Lipinski definition) is 4. The molecule has 0 spiro atoms. The number of fused-ring (bicyclic) bond motifs is 1. The van der Waals surface area contributed by atoms with Crippen LogP contribution in [0.15, 0.2) is 85.3 Å². The molecule has 0 saturated heterocycles. The van der Waals surface area contributed by atoms with E-state index in [2.05, 4.69) is 10.3 Å². The molecule has 3 heterocycles. The van der Waals surface area contributed by atoms with E-state index < -0.39 is 0 Å². The van der Waals surface area contributed by atoms with Crippen molar-refractivity contribution in [2.75, 3.05) is 5.32 Å². The zero-order valence-electron chi connectivity index (χ0n) is 16.8. The van der Waals surface area contributed by atoms with Gasteiger partial charge in [-0.05, 0) is 49.2 Å². The number of carbonyl (C=O) groups is 1. The number of rotatable bonds is 4. The molecule has 1 amide bonds. The Morgan fingerprint density at radius 3 is 2.42 bits per heavy atom. The van der Waals surface area contributed by atoms with E-state index >= 15 is 0 Å². The van der Waals surface area contributed by atoms with Gasteiger partial charge >= 0.3 is 0 Å². The molecule has 1 N–H and O–H groups in total. The van der Waals surface area contributed by atoms with Crippen LogP contribution in [0.2, 0.25) is 0 Å². The van der Waals surface area contributed by atoms with Gasteiger partial charge < -0.3 is 10.2 Å². The minimum Gasteiger partial charge on any atom is -0.361 e. The van der Waals surface area contributed by atoms with Crippen LogP contribution in [-0.4, -0.2) is 31.6 Å². The lowest BCUT2D eigenvalue weighted by Crippen LogP contribution is -2.44. The van der Waals surface area contributed by atoms with E-state index in [-0.39, 0.29) is 18.1 Å². The number of nitrogens with zero attached hydrogens (tertiary/aromatic N) is 4. The second-order valence-corrected chi connectivity index (χ2v) is 7.99. The second-order valence-electron chi connectivity index (χ2n) is 7.99. The Kier molecular flexibility index (Phi) is 4.09. The zero-order chi connectivity index (χ0) is 20.8. The largest absolute Gasteiger partial charge is 0.361 e. The van der Waals surface area contributed by atoms with Gasteiger partial charge in [0.05, 0.1) is 16.9 Å². The molecule has 2 aliphatic rings. The molecule has 6 nitrogen and oxygen atoms in total. The molecule has 1 atom stereocenters. The smallest absolute Gasteiger partial charge is 0.258 e. The Labute approximate surface area is 180 Å². The summed E-state index contributed by atoms with van der Waals surface area (Å²) in [6, 6.07) is 22.0. The first-order valence-electron chi connectivity index (χ1n) is 10.5. The number of anilines is 1. The highest BCUT2D eigenvalue weighted by molar-refractivity contribution is 6.02. The summed E-state index contributed by atoms with van der Waals surface area (Å²) >= 11 is 0. The molecule has 2 aromatic heterocycles. The molecule has 1 fully saturated rings. The van der Waals surface area contributed by atoms with Gasteiger partial charge in [0, 0.05) is 41.4 Å². The monoisotopic (exact) mass is 407 g/mol. The van der Waals surface area contributed by atoms with Crippen LogP contribution in [0.1, 0.15) is 34.9 Å². The Morgan fingerprint density at radius 2 is 1.65 bits per heavy atom. The standard InChI is InChI=1S/C25H21N5O/c31-25-20-8-4-5-9-22(20)27-24(30(25)19-10-11-19)21-16-29(18-6-2-1-3-7-18)28-23(21)17-12-14-26-15-13-17/h1-9,12-16,19,24,27H,10-11H2/t24-/m1/s1. The van der Waals surface area contributed by atoms with Crippen molar-refractivity contribution < 1.29 is 4.79 Å². The first kappa shape index (κ1) is 17.9. The number of para-hydroxylation sites is 2. The van der Waals surface area contributed by atoms with Crippen molar-refractivity contribution in [3.05, 3.63) is 96.4 Å². The molecular formula is C25H21N5O. The normalized spacial score (nSPS) is 17.9. The first-order chi connectivity index (χ1) is 15.3. The highest BCUT2D eigenvalue weighted by atomic mass is 16.2. The van der Waals surface area contributed by atoms with E-state index in [4.69, 9.17) is 5.10 Å². The summed E-state index contributed by atoms with van der Waals surface area (Å²) in [6.45, 7) is 0. The van der Waals surface area contributed by atoms with Gasteiger partial charge in [0.2, 0.25) is 0 Å². The summed E-state index contributed by atoms with van der Waals surface area (Å²) in [5, 5.41) is 8.56. The molecule has 152 valence electrons. The molecular weight excluding hydrogens is 386 g/mol. The summed E-state index contributed by atoms with van der Waals surface area (Å²) in [5.74, 6) is 0.0787. The fourth-order valence-electron chi connectivity index (χ4n) is 4.26. The molecule has 31 heavy (non-hydrogen) atoms. The van der Waals surface area contributed by atoms with Gasteiger partial charge in [0.15, 0.2) is 0 Å². The van der Waals surface area contributed by atoms with Crippen LogP contribution in [0.25, 0.3) is 16.9 Å². The van der Waals surface area contributed by atoms with E-state index in [1.165, 1.54) is 0 Å². The third kappa shape index (κ3) is 3.08.